The topological polar surface area (TPSA) is 42.0 Å². The van der Waals surface area contributed by atoms with Crippen LogP contribution in [0.3, 0.4) is 0 Å². The van der Waals surface area contributed by atoms with Crippen LogP contribution in [0.5, 0.6) is 11.5 Å². The van der Waals surface area contributed by atoms with E-state index in [2.05, 4.69) is 31.0 Å². The van der Waals surface area contributed by atoms with Crippen molar-refractivity contribution >= 4 is 12.0 Å². The quantitative estimate of drug-likeness (QED) is 0.666. The predicted molar refractivity (Wildman–Crippen MR) is 116 cm³/mol. The van der Waals surface area contributed by atoms with Crippen LogP contribution in [0.2, 0.25) is 0 Å². The Hall–Kier alpha value is -2.79. The number of benzene rings is 2. The molecule has 0 aromatic heterocycles. The maximum atomic E-state index is 13.0. The average molecular weight is 395 g/mol. The second-order valence-electron chi connectivity index (χ2n) is 7.31. The number of likely N-dealkylation sites (N-methyl/N-ethyl adjacent to an activating group) is 1. The summed E-state index contributed by atoms with van der Waals surface area (Å²) in [5.74, 6) is 1.42. The first kappa shape index (κ1) is 20.9. The fourth-order valence-electron chi connectivity index (χ4n) is 3.53. The van der Waals surface area contributed by atoms with Crippen LogP contribution >= 0.6 is 0 Å². The van der Waals surface area contributed by atoms with Crippen molar-refractivity contribution in [1.29, 1.82) is 0 Å². The SMILES string of the molecule is CCCOc1ccc(/C=C/C(=O)N2CCN(C)CC2c2ccccc2)cc1OC. The lowest BCUT2D eigenvalue weighted by atomic mass is 10.0. The third-order valence-electron chi connectivity index (χ3n) is 5.12. The Balaban J connectivity index is 1.75. The van der Waals surface area contributed by atoms with Crippen LogP contribution in [-0.4, -0.2) is 56.1 Å². The summed E-state index contributed by atoms with van der Waals surface area (Å²) < 4.78 is 11.1. The summed E-state index contributed by atoms with van der Waals surface area (Å²) in [5.41, 5.74) is 2.07. The summed E-state index contributed by atoms with van der Waals surface area (Å²) in [5, 5.41) is 0. The Labute approximate surface area is 173 Å². The number of nitrogens with zero attached hydrogens (tertiary/aromatic N) is 2. The Morgan fingerprint density at radius 2 is 1.93 bits per heavy atom. The number of carbonyl (C=O) groups excluding carboxylic acids is 1. The molecule has 1 aliphatic rings. The molecule has 0 spiro atoms. The molecule has 29 heavy (non-hydrogen) atoms. The molecule has 0 saturated carbocycles. The Bertz CT molecular complexity index is 835. The monoisotopic (exact) mass is 394 g/mol. The van der Waals surface area contributed by atoms with Gasteiger partial charge in [-0.2, -0.15) is 0 Å². The predicted octanol–water partition coefficient (Wildman–Crippen LogP) is 4.01. The molecule has 1 atom stereocenters. The van der Waals surface area contributed by atoms with Gasteiger partial charge in [0.25, 0.3) is 0 Å². The van der Waals surface area contributed by atoms with E-state index < -0.39 is 0 Å². The summed E-state index contributed by atoms with van der Waals surface area (Å²) in [7, 11) is 3.73. The molecule has 1 fully saturated rings. The molecule has 2 aromatic rings. The first-order chi connectivity index (χ1) is 14.1. The lowest BCUT2D eigenvalue weighted by Gasteiger charge is -2.40. The van der Waals surface area contributed by atoms with Gasteiger partial charge in [0, 0.05) is 25.7 Å². The van der Waals surface area contributed by atoms with Crippen LogP contribution in [0.1, 0.15) is 30.5 Å². The molecule has 1 saturated heterocycles. The van der Waals surface area contributed by atoms with Gasteiger partial charge < -0.3 is 19.3 Å². The molecule has 3 rings (SSSR count). The summed E-state index contributed by atoms with van der Waals surface area (Å²) in [6, 6.07) is 16.0. The molecule has 1 unspecified atom stereocenters. The first-order valence-corrected chi connectivity index (χ1v) is 10.2. The maximum Gasteiger partial charge on any atom is 0.247 e. The van der Waals surface area contributed by atoms with Crippen LogP contribution in [-0.2, 0) is 4.79 Å². The summed E-state index contributed by atoms with van der Waals surface area (Å²) in [6.07, 6.45) is 4.43. The van der Waals surface area contributed by atoms with E-state index in [-0.39, 0.29) is 11.9 Å². The molecular weight excluding hydrogens is 364 g/mol. The third kappa shape index (κ3) is 5.39. The molecule has 5 nitrogen and oxygen atoms in total. The third-order valence-corrected chi connectivity index (χ3v) is 5.12. The van der Waals surface area contributed by atoms with Crippen molar-refractivity contribution in [2.24, 2.45) is 0 Å². The highest BCUT2D eigenvalue weighted by Gasteiger charge is 2.28. The summed E-state index contributed by atoms with van der Waals surface area (Å²) in [4.78, 5) is 17.2. The van der Waals surface area contributed by atoms with Gasteiger partial charge in [0.2, 0.25) is 5.91 Å². The molecular formula is C24H30N2O3. The van der Waals surface area contributed by atoms with Gasteiger partial charge in [-0.3, -0.25) is 4.79 Å². The number of piperazine rings is 1. The molecule has 1 aliphatic heterocycles. The molecule has 1 amide bonds. The van der Waals surface area contributed by atoms with E-state index in [9.17, 15) is 4.79 Å². The smallest absolute Gasteiger partial charge is 0.247 e. The maximum absolute atomic E-state index is 13.0. The van der Waals surface area contributed by atoms with Crippen LogP contribution in [0.25, 0.3) is 6.08 Å². The Kier molecular flexibility index (Phi) is 7.30. The standard InChI is InChI=1S/C24H30N2O3/c1-4-16-29-22-12-10-19(17-23(22)28-3)11-13-24(27)26-15-14-25(2)18-21(26)20-8-6-5-7-9-20/h5-13,17,21H,4,14-16,18H2,1-3H3/b13-11+. The minimum Gasteiger partial charge on any atom is -0.493 e. The van der Waals surface area contributed by atoms with Crippen molar-refractivity contribution in [1.82, 2.24) is 9.80 Å². The van der Waals surface area contributed by atoms with Crippen LogP contribution < -0.4 is 9.47 Å². The van der Waals surface area contributed by atoms with Gasteiger partial charge in [-0.15, -0.1) is 0 Å². The fraction of sp³-hybridized carbons (Fsp3) is 0.375. The lowest BCUT2D eigenvalue weighted by Crippen LogP contribution is -2.48. The Morgan fingerprint density at radius 1 is 1.14 bits per heavy atom. The van der Waals surface area contributed by atoms with Crippen molar-refractivity contribution in [3.63, 3.8) is 0 Å². The van der Waals surface area contributed by atoms with Gasteiger partial charge in [0.05, 0.1) is 19.8 Å². The molecule has 1 heterocycles. The molecule has 0 aliphatic carbocycles. The zero-order valence-corrected chi connectivity index (χ0v) is 17.5. The second-order valence-corrected chi connectivity index (χ2v) is 7.31. The van der Waals surface area contributed by atoms with Gasteiger partial charge >= 0.3 is 0 Å². The highest BCUT2D eigenvalue weighted by atomic mass is 16.5. The number of methoxy groups -OCH3 is 1. The van der Waals surface area contributed by atoms with Gasteiger partial charge in [0.1, 0.15) is 0 Å². The summed E-state index contributed by atoms with van der Waals surface area (Å²) in [6.45, 7) is 5.14. The van der Waals surface area contributed by atoms with Gasteiger partial charge in [-0.25, -0.2) is 0 Å². The van der Waals surface area contributed by atoms with Gasteiger partial charge in [-0.1, -0.05) is 43.3 Å². The van der Waals surface area contributed by atoms with Crippen molar-refractivity contribution in [3.8, 4) is 11.5 Å². The molecule has 2 aromatic carbocycles. The summed E-state index contributed by atoms with van der Waals surface area (Å²) >= 11 is 0. The second kappa shape index (κ2) is 10.1. The number of ether oxygens (including phenoxy) is 2. The minimum absolute atomic E-state index is 0.0252. The number of amides is 1. The molecule has 0 N–H and O–H groups in total. The fourth-order valence-corrected chi connectivity index (χ4v) is 3.53. The Morgan fingerprint density at radius 3 is 2.66 bits per heavy atom. The largest absolute Gasteiger partial charge is 0.493 e. The lowest BCUT2D eigenvalue weighted by molar-refractivity contribution is -0.130. The zero-order valence-electron chi connectivity index (χ0n) is 17.5. The zero-order chi connectivity index (χ0) is 20.6. The van der Waals surface area contributed by atoms with Crippen molar-refractivity contribution < 1.29 is 14.3 Å². The number of hydrogen-bond donors (Lipinski definition) is 0. The van der Waals surface area contributed by atoms with E-state index in [1.54, 1.807) is 13.2 Å². The van der Waals surface area contributed by atoms with E-state index >= 15 is 0 Å². The van der Waals surface area contributed by atoms with E-state index in [1.807, 2.05) is 47.4 Å². The van der Waals surface area contributed by atoms with Gasteiger partial charge in [-0.05, 0) is 42.8 Å². The number of rotatable bonds is 7. The highest BCUT2D eigenvalue weighted by Crippen LogP contribution is 2.29. The van der Waals surface area contributed by atoms with Crippen LogP contribution in [0.15, 0.2) is 54.6 Å². The molecule has 0 radical (unpaired) electrons. The van der Waals surface area contributed by atoms with E-state index in [1.165, 1.54) is 5.56 Å². The molecule has 154 valence electrons. The molecule has 5 heteroatoms. The number of carbonyl (C=O) groups is 1. The highest BCUT2D eigenvalue weighted by molar-refractivity contribution is 5.92. The van der Waals surface area contributed by atoms with Crippen molar-refractivity contribution in [3.05, 3.63) is 65.7 Å². The first-order valence-electron chi connectivity index (χ1n) is 10.2. The van der Waals surface area contributed by atoms with Crippen molar-refractivity contribution in [2.45, 2.75) is 19.4 Å². The van der Waals surface area contributed by atoms with E-state index in [4.69, 9.17) is 9.47 Å². The minimum atomic E-state index is 0.0252. The van der Waals surface area contributed by atoms with E-state index in [0.29, 0.717) is 18.9 Å². The molecule has 0 bridgehead atoms. The number of hydrogen-bond acceptors (Lipinski definition) is 4. The van der Waals surface area contributed by atoms with Crippen molar-refractivity contribution in [2.75, 3.05) is 40.4 Å². The van der Waals surface area contributed by atoms with Crippen LogP contribution in [0, 0.1) is 0 Å². The van der Waals surface area contributed by atoms with Crippen LogP contribution in [0.4, 0.5) is 0 Å². The normalized spacial score (nSPS) is 17.5. The average Bonchev–Trinajstić information content (AvgIpc) is 2.76. The van der Waals surface area contributed by atoms with Gasteiger partial charge in [0.15, 0.2) is 11.5 Å². The van der Waals surface area contributed by atoms with E-state index in [0.717, 1.165) is 30.8 Å².